The van der Waals surface area contributed by atoms with Crippen LogP contribution in [0, 0.1) is 12.8 Å². The van der Waals surface area contributed by atoms with Crippen LogP contribution in [0.1, 0.15) is 29.6 Å². The summed E-state index contributed by atoms with van der Waals surface area (Å²) in [6, 6.07) is 0. The number of nitrogen functional groups attached to an aromatic ring is 1. The van der Waals surface area contributed by atoms with Crippen molar-refractivity contribution in [1.29, 1.82) is 0 Å². The number of aromatic nitrogens is 2. The van der Waals surface area contributed by atoms with Crippen molar-refractivity contribution in [1.82, 2.24) is 9.66 Å². The van der Waals surface area contributed by atoms with Gasteiger partial charge >= 0.3 is 0 Å². The summed E-state index contributed by atoms with van der Waals surface area (Å²) in [5, 5.41) is 0.755. The third-order valence-corrected chi connectivity index (χ3v) is 4.69. The van der Waals surface area contributed by atoms with Gasteiger partial charge in [0.25, 0.3) is 5.56 Å². The molecule has 1 atom stereocenters. The Morgan fingerprint density at radius 2 is 2.29 bits per heavy atom. The number of fused-ring (bicyclic) bond motifs is 3. The van der Waals surface area contributed by atoms with Crippen molar-refractivity contribution >= 4 is 21.6 Å². The molecule has 0 amide bonds. The zero-order valence-corrected chi connectivity index (χ0v) is 10.8. The highest BCUT2D eigenvalue weighted by Crippen LogP contribution is 2.35. The molecule has 1 aliphatic carbocycles. The minimum absolute atomic E-state index is 0.0976. The second-order valence-corrected chi connectivity index (χ2v) is 5.95. The van der Waals surface area contributed by atoms with E-state index in [-0.39, 0.29) is 5.56 Å². The lowest BCUT2D eigenvalue weighted by atomic mass is 9.89. The van der Waals surface area contributed by atoms with Gasteiger partial charge in [0.1, 0.15) is 10.7 Å². The van der Waals surface area contributed by atoms with Crippen LogP contribution >= 0.6 is 11.3 Å². The van der Waals surface area contributed by atoms with Crippen LogP contribution in [-0.4, -0.2) is 9.66 Å². The van der Waals surface area contributed by atoms with E-state index in [1.807, 2.05) is 0 Å². The van der Waals surface area contributed by atoms with Crippen molar-refractivity contribution in [3.8, 4) is 0 Å². The summed E-state index contributed by atoms with van der Waals surface area (Å²) in [4.78, 5) is 18.8. The van der Waals surface area contributed by atoms with Crippen LogP contribution in [0.2, 0.25) is 0 Å². The normalized spacial score (nSPS) is 19.5. The first-order valence-corrected chi connectivity index (χ1v) is 6.68. The van der Waals surface area contributed by atoms with Gasteiger partial charge in [-0.25, -0.2) is 9.66 Å². The number of nitrogens with two attached hydrogens (primary N) is 1. The van der Waals surface area contributed by atoms with E-state index in [0.29, 0.717) is 11.7 Å². The van der Waals surface area contributed by atoms with Crippen LogP contribution in [0.25, 0.3) is 10.2 Å². The Bertz CT molecular complexity index is 656. The van der Waals surface area contributed by atoms with Crippen molar-refractivity contribution in [2.24, 2.45) is 5.92 Å². The molecule has 4 nitrogen and oxygen atoms in total. The van der Waals surface area contributed by atoms with Gasteiger partial charge in [0.2, 0.25) is 0 Å². The van der Waals surface area contributed by atoms with E-state index in [1.54, 1.807) is 18.3 Å². The van der Waals surface area contributed by atoms with E-state index < -0.39 is 0 Å². The predicted molar refractivity (Wildman–Crippen MR) is 70.0 cm³/mol. The minimum atomic E-state index is -0.0976. The first-order valence-electron chi connectivity index (χ1n) is 5.87. The monoisotopic (exact) mass is 249 g/mol. The summed E-state index contributed by atoms with van der Waals surface area (Å²) in [6.07, 6.45) is 3.20. The van der Waals surface area contributed by atoms with Crippen LogP contribution in [0.3, 0.4) is 0 Å². The highest BCUT2D eigenvalue weighted by molar-refractivity contribution is 7.18. The number of aryl methyl sites for hydroxylation is 2. The summed E-state index contributed by atoms with van der Waals surface area (Å²) < 4.78 is 1.16. The summed E-state index contributed by atoms with van der Waals surface area (Å²) in [5.74, 6) is 7.00. The summed E-state index contributed by atoms with van der Waals surface area (Å²) >= 11 is 1.66. The molecular formula is C12H15N3OS. The van der Waals surface area contributed by atoms with E-state index in [1.165, 1.54) is 10.4 Å². The lowest BCUT2D eigenvalue weighted by Gasteiger charge is -2.17. The smallest absolute Gasteiger partial charge is 0.280 e. The van der Waals surface area contributed by atoms with E-state index in [2.05, 4.69) is 11.9 Å². The molecule has 5 heteroatoms. The van der Waals surface area contributed by atoms with Crippen LogP contribution in [0.15, 0.2) is 4.79 Å². The molecule has 2 heterocycles. The Balaban J connectivity index is 2.37. The molecule has 0 aliphatic heterocycles. The highest BCUT2D eigenvalue weighted by Gasteiger charge is 2.23. The van der Waals surface area contributed by atoms with Gasteiger partial charge in [-0.3, -0.25) is 4.79 Å². The molecule has 2 aromatic heterocycles. The maximum Gasteiger partial charge on any atom is 0.280 e. The van der Waals surface area contributed by atoms with Gasteiger partial charge in [0, 0.05) is 4.88 Å². The lowest BCUT2D eigenvalue weighted by molar-refractivity contribution is 0.509. The van der Waals surface area contributed by atoms with Gasteiger partial charge in [0.15, 0.2) is 0 Å². The molecule has 2 aromatic rings. The van der Waals surface area contributed by atoms with Crippen molar-refractivity contribution in [2.75, 3.05) is 5.84 Å². The molecule has 1 aliphatic rings. The van der Waals surface area contributed by atoms with Gasteiger partial charge < -0.3 is 5.84 Å². The molecule has 0 radical (unpaired) electrons. The fourth-order valence-corrected chi connectivity index (χ4v) is 3.92. The first-order chi connectivity index (χ1) is 8.08. The molecule has 17 heavy (non-hydrogen) atoms. The van der Waals surface area contributed by atoms with Crippen LogP contribution in [-0.2, 0) is 12.8 Å². The Morgan fingerprint density at radius 1 is 1.53 bits per heavy atom. The zero-order valence-electron chi connectivity index (χ0n) is 9.99. The molecule has 0 saturated carbocycles. The van der Waals surface area contributed by atoms with Crippen LogP contribution in [0.5, 0.6) is 0 Å². The van der Waals surface area contributed by atoms with Gasteiger partial charge in [-0.05, 0) is 37.7 Å². The maximum absolute atomic E-state index is 12.2. The molecule has 0 bridgehead atoms. The largest absolute Gasteiger partial charge is 0.335 e. The van der Waals surface area contributed by atoms with Crippen molar-refractivity contribution in [2.45, 2.75) is 33.1 Å². The second kappa shape index (κ2) is 3.57. The number of thiophene rings is 1. The van der Waals surface area contributed by atoms with Crippen LogP contribution in [0.4, 0.5) is 0 Å². The standard InChI is InChI=1S/C12H15N3OS/c1-6-3-4-8-9(5-6)17-11-10(8)12(16)15(13)7(2)14-11/h6H,3-5,13H2,1-2H3. The third-order valence-electron chi connectivity index (χ3n) is 3.54. The van der Waals surface area contributed by atoms with Crippen LogP contribution < -0.4 is 11.4 Å². The fourth-order valence-electron chi connectivity index (χ4n) is 2.50. The zero-order chi connectivity index (χ0) is 12.2. The number of hydrogen-bond acceptors (Lipinski definition) is 4. The Morgan fingerprint density at radius 3 is 3.06 bits per heavy atom. The Hall–Kier alpha value is -1.36. The highest BCUT2D eigenvalue weighted by atomic mass is 32.1. The van der Waals surface area contributed by atoms with Gasteiger partial charge in [-0.1, -0.05) is 6.92 Å². The first kappa shape index (κ1) is 10.8. The Kier molecular flexibility index (Phi) is 2.26. The van der Waals surface area contributed by atoms with E-state index in [4.69, 9.17) is 5.84 Å². The average Bonchev–Trinajstić information content (AvgIpc) is 2.63. The van der Waals surface area contributed by atoms with Crippen molar-refractivity contribution < 1.29 is 0 Å². The summed E-state index contributed by atoms with van der Waals surface area (Å²) in [5.41, 5.74) is 1.10. The summed E-state index contributed by atoms with van der Waals surface area (Å²) in [7, 11) is 0. The molecule has 1 unspecified atom stereocenters. The maximum atomic E-state index is 12.2. The number of nitrogens with zero attached hydrogens (tertiary/aromatic N) is 2. The quantitative estimate of drug-likeness (QED) is 0.721. The fraction of sp³-hybridized carbons (Fsp3) is 0.500. The van der Waals surface area contributed by atoms with Gasteiger partial charge in [-0.2, -0.15) is 0 Å². The summed E-state index contributed by atoms with van der Waals surface area (Å²) in [6.45, 7) is 4.02. The predicted octanol–water partition coefficient (Wildman–Crippen LogP) is 1.61. The third kappa shape index (κ3) is 1.49. The minimum Gasteiger partial charge on any atom is -0.335 e. The van der Waals surface area contributed by atoms with E-state index in [9.17, 15) is 4.79 Å². The number of rotatable bonds is 0. The number of hydrogen-bond donors (Lipinski definition) is 1. The SMILES string of the molecule is Cc1nc2sc3c(c2c(=O)n1N)CCC(C)C3. The van der Waals surface area contributed by atoms with Gasteiger partial charge in [-0.15, -0.1) is 11.3 Å². The van der Waals surface area contributed by atoms with Crippen molar-refractivity contribution in [3.05, 3.63) is 26.6 Å². The molecule has 0 aromatic carbocycles. The topological polar surface area (TPSA) is 60.9 Å². The van der Waals surface area contributed by atoms with E-state index in [0.717, 1.165) is 34.2 Å². The molecule has 0 fully saturated rings. The molecule has 3 rings (SSSR count). The molecule has 90 valence electrons. The molecule has 2 N–H and O–H groups in total. The average molecular weight is 249 g/mol. The van der Waals surface area contributed by atoms with E-state index >= 15 is 0 Å². The van der Waals surface area contributed by atoms with Gasteiger partial charge in [0.05, 0.1) is 5.39 Å². The Labute approximate surface area is 103 Å². The molecular weight excluding hydrogens is 234 g/mol. The molecule has 0 saturated heterocycles. The lowest BCUT2D eigenvalue weighted by Crippen LogP contribution is -2.30. The second-order valence-electron chi connectivity index (χ2n) is 4.87. The van der Waals surface area contributed by atoms with Crippen molar-refractivity contribution in [3.63, 3.8) is 0 Å². The molecule has 0 spiro atoms.